The summed E-state index contributed by atoms with van der Waals surface area (Å²) in [5.41, 5.74) is 3.21. The molecule has 4 nitrogen and oxygen atoms in total. The van der Waals surface area contributed by atoms with E-state index in [-0.39, 0.29) is 5.91 Å². The summed E-state index contributed by atoms with van der Waals surface area (Å²) >= 11 is 5.94. The van der Waals surface area contributed by atoms with Crippen molar-refractivity contribution in [2.45, 2.75) is 26.4 Å². The molecule has 0 unspecified atom stereocenters. The lowest BCUT2D eigenvalue weighted by Gasteiger charge is -2.16. The molecule has 0 saturated heterocycles. The van der Waals surface area contributed by atoms with E-state index in [9.17, 15) is 4.79 Å². The second-order valence-corrected chi connectivity index (χ2v) is 6.51. The molecule has 0 bridgehead atoms. The number of amides is 1. The van der Waals surface area contributed by atoms with Crippen LogP contribution >= 0.6 is 11.6 Å². The summed E-state index contributed by atoms with van der Waals surface area (Å²) < 4.78 is 5.74. The molecule has 0 fully saturated rings. The normalized spacial score (nSPS) is 12.1. The number of benzene rings is 2. The van der Waals surface area contributed by atoms with Gasteiger partial charge in [-0.15, -0.1) is 0 Å². The molecule has 1 heterocycles. The number of ether oxygens (including phenoxy) is 1. The van der Waals surface area contributed by atoms with Gasteiger partial charge in [0.05, 0.1) is 0 Å². The zero-order chi connectivity index (χ0) is 17.8. The Kier molecular flexibility index (Phi) is 5.29. The van der Waals surface area contributed by atoms with Crippen LogP contribution < -0.4 is 10.1 Å². The van der Waals surface area contributed by atoms with Crippen LogP contribution in [0.25, 0.3) is 10.9 Å². The maximum absolute atomic E-state index is 12.2. The third kappa shape index (κ3) is 4.15. The highest BCUT2D eigenvalue weighted by molar-refractivity contribution is 6.30. The van der Waals surface area contributed by atoms with Gasteiger partial charge in [0.15, 0.2) is 6.10 Å². The average Bonchev–Trinajstić information content (AvgIpc) is 3.00. The SMILES string of the molecule is Cc1cc(Cl)ccc1O[C@H](C)C(=O)NCCc1c[nH]c2ccccc12. The van der Waals surface area contributed by atoms with Crippen LogP contribution in [0.2, 0.25) is 5.02 Å². The minimum atomic E-state index is -0.567. The lowest BCUT2D eigenvalue weighted by Crippen LogP contribution is -2.37. The van der Waals surface area contributed by atoms with Crippen molar-refractivity contribution in [3.05, 3.63) is 64.8 Å². The molecule has 5 heteroatoms. The summed E-state index contributed by atoms with van der Waals surface area (Å²) in [7, 11) is 0. The van der Waals surface area contributed by atoms with E-state index in [4.69, 9.17) is 16.3 Å². The molecule has 1 amide bonds. The molecule has 0 aliphatic carbocycles. The van der Waals surface area contributed by atoms with Gasteiger partial charge in [-0.2, -0.15) is 0 Å². The highest BCUT2D eigenvalue weighted by atomic mass is 35.5. The molecule has 1 atom stereocenters. The lowest BCUT2D eigenvalue weighted by molar-refractivity contribution is -0.127. The first kappa shape index (κ1) is 17.4. The number of aromatic nitrogens is 1. The minimum Gasteiger partial charge on any atom is -0.481 e. The van der Waals surface area contributed by atoms with Crippen molar-refractivity contribution in [3.8, 4) is 5.75 Å². The maximum Gasteiger partial charge on any atom is 0.260 e. The lowest BCUT2D eigenvalue weighted by atomic mass is 10.1. The second kappa shape index (κ2) is 7.62. The molecule has 130 valence electrons. The van der Waals surface area contributed by atoms with Gasteiger partial charge in [-0.25, -0.2) is 0 Å². The first-order valence-electron chi connectivity index (χ1n) is 8.30. The number of carbonyl (C=O) groups is 1. The van der Waals surface area contributed by atoms with Gasteiger partial charge in [0.1, 0.15) is 5.75 Å². The first-order valence-corrected chi connectivity index (χ1v) is 8.68. The van der Waals surface area contributed by atoms with E-state index in [1.807, 2.05) is 37.4 Å². The van der Waals surface area contributed by atoms with E-state index in [0.717, 1.165) is 17.5 Å². The van der Waals surface area contributed by atoms with E-state index < -0.39 is 6.10 Å². The minimum absolute atomic E-state index is 0.130. The molecule has 3 rings (SSSR count). The largest absolute Gasteiger partial charge is 0.481 e. The van der Waals surface area contributed by atoms with Crippen molar-refractivity contribution in [1.29, 1.82) is 0 Å². The topological polar surface area (TPSA) is 54.1 Å². The zero-order valence-electron chi connectivity index (χ0n) is 14.3. The fraction of sp³-hybridized carbons (Fsp3) is 0.250. The summed E-state index contributed by atoms with van der Waals surface area (Å²) in [6.45, 7) is 4.21. The number of aromatic amines is 1. The molecule has 0 spiro atoms. The van der Waals surface area contributed by atoms with Gasteiger partial charge in [0, 0.05) is 28.7 Å². The van der Waals surface area contributed by atoms with Crippen LogP contribution in [0.5, 0.6) is 5.75 Å². The number of carbonyl (C=O) groups excluding carboxylic acids is 1. The Morgan fingerprint density at radius 1 is 1.28 bits per heavy atom. The van der Waals surface area contributed by atoms with E-state index in [1.165, 1.54) is 10.9 Å². The predicted octanol–water partition coefficient (Wildman–Crippen LogP) is 4.26. The van der Waals surface area contributed by atoms with Crippen LogP contribution in [-0.4, -0.2) is 23.5 Å². The number of nitrogens with one attached hydrogen (secondary N) is 2. The van der Waals surface area contributed by atoms with Crippen molar-refractivity contribution >= 4 is 28.4 Å². The number of fused-ring (bicyclic) bond motifs is 1. The Morgan fingerprint density at radius 3 is 2.88 bits per heavy atom. The van der Waals surface area contributed by atoms with Crippen LogP contribution in [0.15, 0.2) is 48.7 Å². The molecular formula is C20H21ClN2O2. The molecule has 1 aromatic heterocycles. The van der Waals surface area contributed by atoms with E-state index in [2.05, 4.69) is 16.4 Å². The summed E-state index contributed by atoms with van der Waals surface area (Å²) in [5.74, 6) is 0.540. The van der Waals surface area contributed by atoms with Gasteiger partial charge in [0.25, 0.3) is 5.91 Å². The number of rotatable bonds is 6. The summed E-state index contributed by atoms with van der Waals surface area (Å²) in [5, 5.41) is 4.78. The van der Waals surface area contributed by atoms with E-state index in [1.54, 1.807) is 19.1 Å². The van der Waals surface area contributed by atoms with E-state index >= 15 is 0 Å². The Bertz CT molecular complexity index is 888. The fourth-order valence-corrected chi connectivity index (χ4v) is 3.02. The van der Waals surface area contributed by atoms with Gasteiger partial charge < -0.3 is 15.0 Å². The van der Waals surface area contributed by atoms with Crippen molar-refractivity contribution in [3.63, 3.8) is 0 Å². The predicted molar refractivity (Wildman–Crippen MR) is 101 cm³/mol. The van der Waals surface area contributed by atoms with Gasteiger partial charge in [-0.1, -0.05) is 29.8 Å². The van der Waals surface area contributed by atoms with Crippen LogP contribution in [-0.2, 0) is 11.2 Å². The van der Waals surface area contributed by atoms with Crippen molar-refractivity contribution in [2.24, 2.45) is 0 Å². The van der Waals surface area contributed by atoms with Gasteiger partial charge >= 0.3 is 0 Å². The van der Waals surface area contributed by atoms with Crippen LogP contribution in [0.3, 0.4) is 0 Å². The third-order valence-corrected chi connectivity index (χ3v) is 4.41. The first-order chi connectivity index (χ1) is 12.0. The Balaban J connectivity index is 1.53. The van der Waals surface area contributed by atoms with Crippen molar-refractivity contribution in [1.82, 2.24) is 10.3 Å². The number of para-hydroxylation sites is 1. The van der Waals surface area contributed by atoms with Gasteiger partial charge in [0.2, 0.25) is 0 Å². The van der Waals surface area contributed by atoms with Crippen molar-refractivity contribution < 1.29 is 9.53 Å². The Hall–Kier alpha value is -2.46. The average molecular weight is 357 g/mol. The highest BCUT2D eigenvalue weighted by Gasteiger charge is 2.15. The van der Waals surface area contributed by atoms with Crippen LogP contribution in [0.4, 0.5) is 0 Å². The van der Waals surface area contributed by atoms with Crippen LogP contribution in [0, 0.1) is 6.92 Å². The number of H-pyrrole nitrogens is 1. The van der Waals surface area contributed by atoms with E-state index in [0.29, 0.717) is 17.3 Å². The van der Waals surface area contributed by atoms with Crippen molar-refractivity contribution in [2.75, 3.05) is 6.54 Å². The molecule has 2 N–H and O–H groups in total. The standard InChI is InChI=1S/C20H21ClN2O2/c1-13-11-16(21)7-8-19(13)25-14(2)20(24)22-10-9-15-12-23-18-6-4-3-5-17(15)18/h3-8,11-12,14,23H,9-10H2,1-2H3,(H,22,24)/t14-/m1/s1. The molecule has 2 aromatic carbocycles. The maximum atomic E-state index is 12.2. The number of aryl methyl sites for hydroxylation is 1. The molecule has 25 heavy (non-hydrogen) atoms. The van der Waals surface area contributed by atoms with Gasteiger partial charge in [-0.3, -0.25) is 4.79 Å². The number of halogens is 1. The van der Waals surface area contributed by atoms with Crippen LogP contribution in [0.1, 0.15) is 18.1 Å². The Labute approximate surface area is 152 Å². The summed E-state index contributed by atoms with van der Waals surface area (Å²) in [4.78, 5) is 15.5. The smallest absolute Gasteiger partial charge is 0.260 e. The fourth-order valence-electron chi connectivity index (χ4n) is 2.79. The quantitative estimate of drug-likeness (QED) is 0.693. The molecule has 3 aromatic rings. The Morgan fingerprint density at radius 2 is 2.08 bits per heavy atom. The molecule has 0 saturated carbocycles. The second-order valence-electron chi connectivity index (χ2n) is 6.07. The number of hydrogen-bond acceptors (Lipinski definition) is 2. The molecule has 0 radical (unpaired) electrons. The van der Waals surface area contributed by atoms with Gasteiger partial charge in [-0.05, 0) is 55.7 Å². The molecular weight excluding hydrogens is 336 g/mol. The summed E-state index contributed by atoms with van der Waals surface area (Å²) in [6, 6.07) is 13.5. The monoisotopic (exact) mass is 356 g/mol. The highest BCUT2D eigenvalue weighted by Crippen LogP contribution is 2.23. The molecule has 0 aliphatic rings. The summed E-state index contributed by atoms with van der Waals surface area (Å²) in [6.07, 6.45) is 2.19. The molecule has 0 aliphatic heterocycles. The zero-order valence-corrected chi connectivity index (χ0v) is 15.1. The number of hydrogen-bond donors (Lipinski definition) is 2. The third-order valence-electron chi connectivity index (χ3n) is 4.18.